The normalized spacial score (nSPS) is 11.2. The molecule has 0 amide bonds. The van der Waals surface area contributed by atoms with Gasteiger partial charge in [-0.2, -0.15) is 0 Å². The third-order valence-corrected chi connectivity index (χ3v) is 6.05. The first-order valence-corrected chi connectivity index (χ1v) is 10.6. The number of nitrogens with one attached hydrogen (secondary N) is 1. The molecule has 0 unspecified atom stereocenters. The summed E-state index contributed by atoms with van der Waals surface area (Å²) in [4.78, 5) is 28.5. The number of benzene rings is 3. The van der Waals surface area contributed by atoms with Crippen LogP contribution < -0.4 is 5.32 Å². The number of aromatic hydroxyl groups is 1. The summed E-state index contributed by atoms with van der Waals surface area (Å²) in [5.74, 6) is -0.179. The number of hydrogen-bond acceptors (Lipinski definition) is 7. The molecule has 0 radical (unpaired) electrons. The summed E-state index contributed by atoms with van der Waals surface area (Å²) in [6.45, 7) is 3.49. The van der Waals surface area contributed by atoms with Gasteiger partial charge >= 0.3 is 0 Å². The molecule has 2 N–H and O–H groups in total. The van der Waals surface area contributed by atoms with Gasteiger partial charge in [-0.05, 0) is 54.5 Å². The van der Waals surface area contributed by atoms with Crippen molar-refractivity contribution in [2.75, 3.05) is 5.32 Å². The molecular weight excluding hydrogens is 426 g/mol. The maximum absolute atomic E-state index is 12.8. The smallest absolute Gasteiger partial charge is 0.292 e. The van der Waals surface area contributed by atoms with Gasteiger partial charge in [0, 0.05) is 11.6 Å². The number of hydrogen-bond donors (Lipinski definition) is 2. The SMILES string of the molecule is Cc1ccc(Nc2nc(C)c(C(=O)/C=C/c3c(O)ccc4ccccc34)s2)c([N+](=O)[O-])c1. The Hall–Kier alpha value is -4.04. The first-order chi connectivity index (χ1) is 15.3. The maximum atomic E-state index is 12.8. The molecule has 0 aliphatic carbocycles. The van der Waals surface area contributed by atoms with Crippen LogP contribution in [0.4, 0.5) is 16.5 Å². The molecule has 0 fully saturated rings. The Labute approximate surface area is 187 Å². The Balaban J connectivity index is 1.61. The van der Waals surface area contributed by atoms with Crippen LogP contribution in [0.1, 0.15) is 26.5 Å². The fourth-order valence-electron chi connectivity index (χ4n) is 3.39. The molecule has 4 aromatic rings. The Bertz CT molecular complexity index is 1390. The Morgan fingerprint density at radius 1 is 1.16 bits per heavy atom. The number of rotatable bonds is 6. The number of carbonyl (C=O) groups excluding carboxylic acids is 1. The summed E-state index contributed by atoms with van der Waals surface area (Å²) < 4.78 is 0. The topological polar surface area (TPSA) is 105 Å². The second kappa shape index (κ2) is 8.60. The van der Waals surface area contributed by atoms with Crippen molar-refractivity contribution in [3.63, 3.8) is 0 Å². The zero-order chi connectivity index (χ0) is 22.8. The van der Waals surface area contributed by atoms with Gasteiger partial charge in [0.2, 0.25) is 0 Å². The molecular formula is C24H19N3O4S. The van der Waals surface area contributed by atoms with Gasteiger partial charge in [-0.25, -0.2) is 4.98 Å². The van der Waals surface area contributed by atoms with E-state index in [0.29, 0.717) is 27.0 Å². The largest absolute Gasteiger partial charge is 0.507 e. The van der Waals surface area contributed by atoms with Gasteiger partial charge in [-0.1, -0.05) is 47.7 Å². The fraction of sp³-hybridized carbons (Fsp3) is 0.0833. The molecule has 1 heterocycles. The van der Waals surface area contributed by atoms with Crippen LogP contribution in [0.3, 0.4) is 0 Å². The fourth-order valence-corrected chi connectivity index (χ4v) is 4.28. The van der Waals surface area contributed by atoms with Crippen molar-refractivity contribution in [2.24, 2.45) is 0 Å². The van der Waals surface area contributed by atoms with Crippen molar-refractivity contribution in [2.45, 2.75) is 13.8 Å². The van der Waals surface area contributed by atoms with Crippen LogP contribution in [-0.2, 0) is 0 Å². The first kappa shape index (κ1) is 21.2. The van der Waals surface area contributed by atoms with Crippen molar-refractivity contribution >= 4 is 50.5 Å². The third-order valence-electron chi connectivity index (χ3n) is 4.96. The highest BCUT2D eigenvalue weighted by atomic mass is 32.1. The van der Waals surface area contributed by atoms with Crippen molar-refractivity contribution < 1.29 is 14.8 Å². The van der Waals surface area contributed by atoms with Crippen molar-refractivity contribution in [1.29, 1.82) is 0 Å². The number of phenolic OH excluding ortho intramolecular Hbond substituents is 1. The van der Waals surface area contributed by atoms with Crippen LogP contribution in [0.15, 0.2) is 60.7 Å². The molecule has 0 spiro atoms. The van der Waals surface area contributed by atoms with Gasteiger partial charge in [-0.3, -0.25) is 14.9 Å². The summed E-state index contributed by atoms with van der Waals surface area (Å²) >= 11 is 1.12. The molecule has 0 saturated carbocycles. The maximum Gasteiger partial charge on any atom is 0.292 e. The number of phenols is 1. The lowest BCUT2D eigenvalue weighted by atomic mass is 10.0. The number of thiazole rings is 1. The van der Waals surface area contributed by atoms with Crippen molar-refractivity contribution in [3.05, 3.63) is 92.5 Å². The summed E-state index contributed by atoms with van der Waals surface area (Å²) in [5.41, 5.74) is 2.10. The predicted octanol–water partition coefficient (Wildman–Crippen LogP) is 6.17. The standard InChI is InChI=1S/C24H19N3O4S/c1-14-7-10-19(20(13-14)27(30)31)26-24-25-15(2)23(32-24)22(29)12-9-18-17-6-4-3-5-16(17)8-11-21(18)28/h3-13,28H,1-2H3,(H,25,26)/b12-9+. The minimum absolute atomic E-state index is 0.0583. The highest BCUT2D eigenvalue weighted by molar-refractivity contribution is 7.17. The van der Waals surface area contributed by atoms with Crippen LogP contribution >= 0.6 is 11.3 Å². The first-order valence-electron chi connectivity index (χ1n) is 9.76. The minimum Gasteiger partial charge on any atom is -0.507 e. The molecule has 0 saturated heterocycles. The minimum atomic E-state index is -0.457. The Kier molecular flexibility index (Phi) is 5.70. The van der Waals surface area contributed by atoms with Gasteiger partial charge in [0.1, 0.15) is 11.4 Å². The monoisotopic (exact) mass is 445 g/mol. The lowest BCUT2D eigenvalue weighted by Gasteiger charge is -2.05. The lowest BCUT2D eigenvalue weighted by molar-refractivity contribution is -0.384. The van der Waals surface area contributed by atoms with E-state index >= 15 is 0 Å². The molecule has 0 bridgehead atoms. The zero-order valence-corrected chi connectivity index (χ0v) is 18.1. The van der Waals surface area contributed by atoms with E-state index in [-0.39, 0.29) is 17.2 Å². The Morgan fingerprint density at radius 3 is 2.72 bits per heavy atom. The average molecular weight is 446 g/mol. The van der Waals surface area contributed by atoms with E-state index in [0.717, 1.165) is 27.7 Å². The molecule has 0 aliphatic rings. The number of fused-ring (bicyclic) bond motifs is 1. The second-order valence-electron chi connectivity index (χ2n) is 7.25. The highest BCUT2D eigenvalue weighted by Gasteiger charge is 2.18. The van der Waals surface area contributed by atoms with Gasteiger partial charge in [-0.15, -0.1) is 0 Å². The summed E-state index contributed by atoms with van der Waals surface area (Å²) in [5, 5.41) is 26.8. The van der Waals surface area contributed by atoms with E-state index < -0.39 is 4.92 Å². The second-order valence-corrected chi connectivity index (χ2v) is 8.25. The summed E-state index contributed by atoms with van der Waals surface area (Å²) in [6.07, 6.45) is 3.00. The molecule has 8 heteroatoms. The number of aryl methyl sites for hydroxylation is 2. The number of ketones is 1. The molecule has 0 atom stereocenters. The van der Waals surface area contributed by atoms with Crippen molar-refractivity contribution in [1.82, 2.24) is 4.98 Å². The third kappa shape index (κ3) is 4.21. The molecule has 0 aliphatic heterocycles. The van der Waals surface area contributed by atoms with Gasteiger partial charge in [0.25, 0.3) is 5.69 Å². The lowest BCUT2D eigenvalue weighted by Crippen LogP contribution is -1.97. The number of nitro groups is 1. The average Bonchev–Trinajstić information content (AvgIpc) is 3.14. The van der Waals surface area contributed by atoms with E-state index in [1.54, 1.807) is 38.1 Å². The Morgan fingerprint density at radius 2 is 1.94 bits per heavy atom. The van der Waals surface area contributed by atoms with E-state index in [1.807, 2.05) is 30.3 Å². The van der Waals surface area contributed by atoms with Crippen LogP contribution in [0, 0.1) is 24.0 Å². The van der Waals surface area contributed by atoms with Crippen LogP contribution in [0.2, 0.25) is 0 Å². The molecule has 3 aromatic carbocycles. The summed E-state index contributed by atoms with van der Waals surface area (Å²) in [6, 6.07) is 15.9. The molecule has 160 valence electrons. The van der Waals surface area contributed by atoms with E-state index in [4.69, 9.17) is 0 Å². The zero-order valence-electron chi connectivity index (χ0n) is 17.3. The number of carbonyl (C=O) groups is 1. The van der Waals surface area contributed by atoms with Crippen LogP contribution in [0.5, 0.6) is 5.75 Å². The predicted molar refractivity (Wildman–Crippen MR) is 127 cm³/mol. The molecule has 32 heavy (non-hydrogen) atoms. The van der Waals surface area contributed by atoms with Crippen LogP contribution in [-0.4, -0.2) is 20.8 Å². The van der Waals surface area contributed by atoms with Gasteiger partial charge in [0.05, 0.1) is 15.5 Å². The summed E-state index contributed by atoms with van der Waals surface area (Å²) in [7, 11) is 0. The van der Waals surface area contributed by atoms with E-state index in [1.165, 1.54) is 12.1 Å². The highest BCUT2D eigenvalue weighted by Crippen LogP contribution is 2.33. The number of aromatic nitrogens is 1. The molecule has 1 aromatic heterocycles. The van der Waals surface area contributed by atoms with E-state index in [2.05, 4.69) is 10.3 Å². The van der Waals surface area contributed by atoms with Gasteiger partial charge < -0.3 is 10.4 Å². The quantitative estimate of drug-likeness (QED) is 0.159. The number of anilines is 2. The number of nitro benzene ring substituents is 1. The van der Waals surface area contributed by atoms with Crippen molar-refractivity contribution in [3.8, 4) is 5.75 Å². The molecule has 4 rings (SSSR count). The van der Waals surface area contributed by atoms with E-state index in [9.17, 15) is 20.0 Å². The molecule has 7 nitrogen and oxygen atoms in total. The van der Waals surface area contributed by atoms with Crippen LogP contribution in [0.25, 0.3) is 16.8 Å². The number of allylic oxidation sites excluding steroid dienone is 1. The number of nitrogens with zero attached hydrogens (tertiary/aromatic N) is 2. The van der Waals surface area contributed by atoms with Gasteiger partial charge in [0.15, 0.2) is 10.9 Å².